The van der Waals surface area contributed by atoms with Gasteiger partial charge in [0.1, 0.15) is 0 Å². The Morgan fingerprint density at radius 3 is 2.31 bits per heavy atom. The summed E-state index contributed by atoms with van der Waals surface area (Å²) in [7, 11) is 0. The Morgan fingerprint density at radius 2 is 1.85 bits per heavy atom. The van der Waals surface area contributed by atoms with Gasteiger partial charge in [0.25, 0.3) is 0 Å². The first-order valence-corrected chi connectivity index (χ1v) is 4.33. The summed E-state index contributed by atoms with van der Waals surface area (Å²) >= 11 is 0. The number of carbonyl (C=O) groups excluding carboxylic acids is 2. The number of nitrogens with one attached hydrogen (secondary N) is 2. The molecule has 0 aromatic heterocycles. The third-order valence-corrected chi connectivity index (χ3v) is 2.25. The maximum Gasteiger partial charge on any atom is 0.246 e. The largest absolute Gasteiger partial charge is 0.342 e. The molecule has 0 aromatic rings. The van der Waals surface area contributed by atoms with Crippen LogP contribution in [0.1, 0.15) is 12.8 Å². The van der Waals surface area contributed by atoms with Crippen LogP contribution in [0.4, 0.5) is 0 Å². The summed E-state index contributed by atoms with van der Waals surface area (Å²) in [6, 6.07) is 0. The van der Waals surface area contributed by atoms with Crippen LogP contribution in [-0.4, -0.2) is 35.6 Å². The molecular formula is C8H11N3O2. The SMILES string of the molecule is N=C(C1CC1)N1CC(=O)NC(=O)C1. The van der Waals surface area contributed by atoms with Crippen molar-refractivity contribution in [1.82, 2.24) is 10.2 Å². The van der Waals surface area contributed by atoms with Crippen molar-refractivity contribution < 1.29 is 9.59 Å². The first kappa shape index (κ1) is 8.22. The first-order chi connectivity index (χ1) is 6.16. The molecule has 0 aromatic carbocycles. The van der Waals surface area contributed by atoms with Crippen molar-refractivity contribution in [3.63, 3.8) is 0 Å². The highest BCUT2D eigenvalue weighted by molar-refractivity contribution is 6.03. The highest BCUT2D eigenvalue weighted by atomic mass is 16.2. The third kappa shape index (κ3) is 1.68. The second-order valence-electron chi connectivity index (χ2n) is 3.49. The Balaban J connectivity index is 2.01. The lowest BCUT2D eigenvalue weighted by atomic mass is 10.3. The fourth-order valence-corrected chi connectivity index (χ4v) is 1.42. The van der Waals surface area contributed by atoms with E-state index in [0.29, 0.717) is 11.8 Å². The second-order valence-corrected chi connectivity index (χ2v) is 3.49. The van der Waals surface area contributed by atoms with Gasteiger partial charge < -0.3 is 4.90 Å². The molecule has 2 N–H and O–H groups in total. The highest BCUT2D eigenvalue weighted by Gasteiger charge is 2.33. The van der Waals surface area contributed by atoms with E-state index >= 15 is 0 Å². The van der Waals surface area contributed by atoms with Gasteiger partial charge in [-0.25, -0.2) is 0 Å². The van der Waals surface area contributed by atoms with Gasteiger partial charge in [-0.2, -0.15) is 0 Å². The van der Waals surface area contributed by atoms with E-state index in [4.69, 9.17) is 5.41 Å². The quantitative estimate of drug-likeness (QED) is 0.320. The monoisotopic (exact) mass is 181 g/mol. The number of hydrogen-bond donors (Lipinski definition) is 2. The molecule has 1 saturated carbocycles. The van der Waals surface area contributed by atoms with Crippen molar-refractivity contribution >= 4 is 17.6 Å². The predicted octanol–water partition coefficient (Wildman–Crippen LogP) is -0.668. The van der Waals surface area contributed by atoms with Crippen molar-refractivity contribution in [3.8, 4) is 0 Å². The fraction of sp³-hybridized carbons (Fsp3) is 0.625. The second kappa shape index (κ2) is 2.83. The van der Waals surface area contributed by atoms with Gasteiger partial charge in [0.15, 0.2) is 0 Å². The van der Waals surface area contributed by atoms with Crippen molar-refractivity contribution in [2.24, 2.45) is 5.92 Å². The minimum Gasteiger partial charge on any atom is -0.342 e. The average Bonchev–Trinajstić information content (AvgIpc) is 2.83. The molecule has 1 aliphatic carbocycles. The molecule has 70 valence electrons. The standard InChI is InChI=1S/C8H11N3O2/c9-8(5-1-2-5)11-3-6(12)10-7(13)4-11/h5,9H,1-4H2,(H,10,12,13). The van der Waals surface area contributed by atoms with Crippen LogP contribution in [0, 0.1) is 11.3 Å². The zero-order valence-electron chi connectivity index (χ0n) is 7.17. The molecule has 5 heteroatoms. The Bertz CT molecular complexity index is 267. The van der Waals surface area contributed by atoms with Gasteiger partial charge in [0, 0.05) is 5.92 Å². The van der Waals surface area contributed by atoms with Crippen LogP contribution in [0.2, 0.25) is 0 Å². The summed E-state index contributed by atoms with van der Waals surface area (Å²) in [6.07, 6.45) is 2.04. The third-order valence-electron chi connectivity index (χ3n) is 2.25. The number of nitrogens with zero attached hydrogens (tertiary/aromatic N) is 1. The van der Waals surface area contributed by atoms with Gasteiger partial charge in [-0.15, -0.1) is 0 Å². The van der Waals surface area contributed by atoms with Gasteiger partial charge in [0.05, 0.1) is 18.9 Å². The Kier molecular flexibility index (Phi) is 1.79. The molecule has 2 aliphatic rings. The molecule has 0 radical (unpaired) electrons. The summed E-state index contributed by atoms with van der Waals surface area (Å²) in [6.45, 7) is 0.308. The molecule has 5 nitrogen and oxygen atoms in total. The summed E-state index contributed by atoms with van der Waals surface area (Å²) in [5, 5.41) is 9.88. The molecule has 0 unspecified atom stereocenters. The van der Waals surface area contributed by atoms with Crippen molar-refractivity contribution in [2.45, 2.75) is 12.8 Å². The topological polar surface area (TPSA) is 73.3 Å². The lowest BCUT2D eigenvalue weighted by Crippen LogP contribution is -2.53. The zero-order valence-corrected chi connectivity index (χ0v) is 7.17. The number of amidine groups is 1. The van der Waals surface area contributed by atoms with Gasteiger partial charge >= 0.3 is 0 Å². The van der Waals surface area contributed by atoms with E-state index in [-0.39, 0.29) is 24.9 Å². The van der Waals surface area contributed by atoms with Crippen LogP contribution in [-0.2, 0) is 9.59 Å². The van der Waals surface area contributed by atoms with E-state index in [1.165, 1.54) is 0 Å². The smallest absolute Gasteiger partial charge is 0.246 e. The van der Waals surface area contributed by atoms with Gasteiger partial charge in [-0.1, -0.05) is 0 Å². The molecule has 2 rings (SSSR count). The molecule has 2 fully saturated rings. The van der Waals surface area contributed by atoms with Crippen LogP contribution >= 0.6 is 0 Å². The number of hydrogen-bond acceptors (Lipinski definition) is 3. The van der Waals surface area contributed by atoms with E-state index in [0.717, 1.165) is 12.8 Å². The molecule has 1 saturated heterocycles. The molecular weight excluding hydrogens is 170 g/mol. The summed E-state index contributed by atoms with van der Waals surface area (Å²) in [5.74, 6) is 0.130. The van der Waals surface area contributed by atoms with Crippen molar-refractivity contribution in [3.05, 3.63) is 0 Å². The lowest BCUT2D eigenvalue weighted by molar-refractivity contribution is -0.134. The summed E-state index contributed by atoms with van der Waals surface area (Å²) < 4.78 is 0. The van der Waals surface area contributed by atoms with Crippen LogP contribution in [0.3, 0.4) is 0 Å². The highest BCUT2D eigenvalue weighted by Crippen LogP contribution is 2.31. The molecule has 1 heterocycles. The van der Waals surface area contributed by atoms with Gasteiger partial charge in [-0.3, -0.25) is 20.3 Å². The molecule has 0 bridgehead atoms. The van der Waals surface area contributed by atoms with Crippen molar-refractivity contribution in [2.75, 3.05) is 13.1 Å². The molecule has 13 heavy (non-hydrogen) atoms. The minimum atomic E-state index is -0.304. The van der Waals surface area contributed by atoms with E-state index in [1.54, 1.807) is 4.90 Å². The van der Waals surface area contributed by atoms with Crippen LogP contribution in [0.15, 0.2) is 0 Å². The Hall–Kier alpha value is -1.39. The normalized spacial score (nSPS) is 22.9. The lowest BCUT2D eigenvalue weighted by Gasteiger charge is -2.27. The van der Waals surface area contributed by atoms with E-state index in [1.807, 2.05) is 0 Å². The molecule has 0 atom stereocenters. The fourth-order valence-electron chi connectivity index (χ4n) is 1.42. The zero-order chi connectivity index (χ0) is 9.42. The first-order valence-electron chi connectivity index (χ1n) is 4.33. The maximum atomic E-state index is 11.0. The van der Waals surface area contributed by atoms with Crippen LogP contribution in [0.25, 0.3) is 0 Å². The predicted molar refractivity (Wildman–Crippen MR) is 45.2 cm³/mol. The van der Waals surface area contributed by atoms with E-state index in [2.05, 4.69) is 5.32 Å². The number of imide groups is 1. The number of piperazine rings is 1. The van der Waals surface area contributed by atoms with E-state index < -0.39 is 0 Å². The van der Waals surface area contributed by atoms with Gasteiger partial charge in [0.2, 0.25) is 11.8 Å². The van der Waals surface area contributed by atoms with Crippen LogP contribution < -0.4 is 5.32 Å². The summed E-state index contributed by atoms with van der Waals surface area (Å²) in [5.41, 5.74) is 0. The van der Waals surface area contributed by atoms with Gasteiger partial charge in [-0.05, 0) is 12.8 Å². The Labute approximate surface area is 75.6 Å². The maximum absolute atomic E-state index is 11.0. The number of rotatable bonds is 1. The molecule has 0 spiro atoms. The number of amides is 2. The molecule has 1 aliphatic heterocycles. The number of carbonyl (C=O) groups is 2. The van der Waals surface area contributed by atoms with Crippen molar-refractivity contribution in [1.29, 1.82) is 5.41 Å². The van der Waals surface area contributed by atoms with Crippen LogP contribution in [0.5, 0.6) is 0 Å². The molecule has 2 amide bonds. The summed E-state index contributed by atoms with van der Waals surface area (Å²) in [4.78, 5) is 23.5. The minimum absolute atomic E-state index is 0.154. The average molecular weight is 181 g/mol. The Morgan fingerprint density at radius 1 is 1.31 bits per heavy atom. The van der Waals surface area contributed by atoms with E-state index in [9.17, 15) is 9.59 Å².